The van der Waals surface area contributed by atoms with Gasteiger partial charge in [0.05, 0.1) is 12.7 Å². The molecule has 0 aromatic heterocycles. The molecule has 0 spiro atoms. The van der Waals surface area contributed by atoms with E-state index in [0.717, 1.165) is 5.69 Å². The van der Waals surface area contributed by atoms with Crippen molar-refractivity contribution in [2.24, 2.45) is 0 Å². The number of halogens is 2. The lowest BCUT2D eigenvalue weighted by Gasteiger charge is -2.36. The van der Waals surface area contributed by atoms with E-state index in [9.17, 15) is 18.7 Å². The Hall–Kier alpha value is -3.03. The minimum absolute atomic E-state index is 0.0488. The number of methoxy groups -OCH3 is 1. The smallest absolute Gasteiger partial charge is 0.387 e. The largest absolute Gasteiger partial charge is 0.508 e. The third-order valence-electron chi connectivity index (χ3n) is 4.42. The molecule has 0 unspecified atom stereocenters. The number of para-hydroxylation sites is 1. The Labute approximate surface area is 155 Å². The molecule has 0 radical (unpaired) electrons. The molecule has 0 atom stereocenters. The number of alkyl halides is 2. The molecule has 1 fully saturated rings. The number of carbonyl (C=O) groups is 1. The first-order valence-electron chi connectivity index (χ1n) is 8.44. The Balaban J connectivity index is 1.73. The fourth-order valence-corrected chi connectivity index (χ4v) is 3.06. The number of amides is 1. The van der Waals surface area contributed by atoms with Crippen LogP contribution >= 0.6 is 0 Å². The van der Waals surface area contributed by atoms with Crippen LogP contribution in [0, 0.1) is 0 Å². The van der Waals surface area contributed by atoms with Gasteiger partial charge in [0.1, 0.15) is 5.75 Å². The lowest BCUT2D eigenvalue weighted by atomic mass is 10.1. The lowest BCUT2D eigenvalue weighted by Crippen LogP contribution is -2.48. The van der Waals surface area contributed by atoms with Gasteiger partial charge in [-0.05, 0) is 36.4 Å². The van der Waals surface area contributed by atoms with Gasteiger partial charge in [0, 0.05) is 31.9 Å². The van der Waals surface area contributed by atoms with Crippen molar-refractivity contribution in [3.63, 3.8) is 0 Å². The van der Waals surface area contributed by atoms with Crippen LogP contribution in [0.25, 0.3) is 0 Å². The van der Waals surface area contributed by atoms with E-state index in [1.165, 1.54) is 19.2 Å². The predicted molar refractivity (Wildman–Crippen MR) is 95.8 cm³/mol. The van der Waals surface area contributed by atoms with Gasteiger partial charge >= 0.3 is 6.61 Å². The number of ether oxygens (including phenoxy) is 2. The fourth-order valence-electron chi connectivity index (χ4n) is 3.06. The first kappa shape index (κ1) is 18.8. The summed E-state index contributed by atoms with van der Waals surface area (Å²) >= 11 is 0. The highest BCUT2D eigenvalue weighted by atomic mass is 19.3. The van der Waals surface area contributed by atoms with Gasteiger partial charge in [0.25, 0.3) is 5.91 Å². The quantitative estimate of drug-likeness (QED) is 0.867. The maximum absolute atomic E-state index is 12.9. The van der Waals surface area contributed by atoms with Crippen molar-refractivity contribution < 1.29 is 28.2 Å². The summed E-state index contributed by atoms with van der Waals surface area (Å²) < 4.78 is 35.1. The van der Waals surface area contributed by atoms with E-state index >= 15 is 0 Å². The predicted octanol–water partition coefficient (Wildman–Crippen LogP) is 2.96. The highest BCUT2D eigenvalue weighted by Crippen LogP contribution is 2.33. The van der Waals surface area contributed by atoms with E-state index in [2.05, 4.69) is 9.64 Å². The molecule has 144 valence electrons. The SMILES string of the molecule is COc1cccc(C(=O)N2CCN(c3ccc(O)cc3)CC2)c1OC(F)F. The van der Waals surface area contributed by atoms with Crippen LogP contribution < -0.4 is 14.4 Å². The Morgan fingerprint density at radius 3 is 2.33 bits per heavy atom. The zero-order valence-corrected chi connectivity index (χ0v) is 14.8. The number of carbonyl (C=O) groups excluding carboxylic acids is 1. The number of hydrogen-bond donors (Lipinski definition) is 1. The second-order valence-electron chi connectivity index (χ2n) is 6.01. The minimum atomic E-state index is -3.06. The molecule has 2 aromatic rings. The molecule has 27 heavy (non-hydrogen) atoms. The monoisotopic (exact) mass is 378 g/mol. The number of anilines is 1. The van der Waals surface area contributed by atoms with Gasteiger partial charge in [-0.2, -0.15) is 8.78 Å². The van der Waals surface area contributed by atoms with E-state index in [-0.39, 0.29) is 28.7 Å². The Morgan fingerprint density at radius 1 is 1.07 bits per heavy atom. The number of hydrogen-bond acceptors (Lipinski definition) is 5. The standard InChI is InChI=1S/C19H20F2N2O4/c1-26-16-4-2-3-15(17(16)27-19(20)21)18(25)23-11-9-22(10-12-23)13-5-7-14(24)8-6-13/h2-8,19,24H,9-12H2,1H3. The Bertz CT molecular complexity index is 791. The van der Waals surface area contributed by atoms with E-state index in [1.807, 2.05) is 12.1 Å². The van der Waals surface area contributed by atoms with Crippen molar-refractivity contribution in [2.75, 3.05) is 38.2 Å². The normalized spacial score (nSPS) is 14.4. The Kier molecular flexibility index (Phi) is 5.63. The third kappa shape index (κ3) is 4.21. The van der Waals surface area contributed by atoms with Gasteiger partial charge in [-0.15, -0.1) is 0 Å². The number of phenolic OH excluding ortho intramolecular Hbond substituents is 1. The zero-order valence-electron chi connectivity index (χ0n) is 14.8. The number of benzene rings is 2. The first-order valence-corrected chi connectivity index (χ1v) is 8.44. The lowest BCUT2D eigenvalue weighted by molar-refractivity contribution is -0.0516. The van der Waals surface area contributed by atoms with Gasteiger partial charge in [-0.25, -0.2) is 0 Å². The highest BCUT2D eigenvalue weighted by Gasteiger charge is 2.27. The molecule has 1 aliphatic heterocycles. The molecule has 1 aliphatic rings. The van der Waals surface area contributed by atoms with E-state index < -0.39 is 6.61 Å². The number of nitrogens with zero attached hydrogens (tertiary/aromatic N) is 2. The van der Waals surface area contributed by atoms with Crippen molar-refractivity contribution in [3.8, 4) is 17.2 Å². The second kappa shape index (κ2) is 8.11. The van der Waals surface area contributed by atoms with Gasteiger partial charge in [0.2, 0.25) is 0 Å². The molecule has 6 nitrogen and oxygen atoms in total. The second-order valence-corrected chi connectivity index (χ2v) is 6.01. The summed E-state index contributed by atoms with van der Waals surface area (Å²) in [6, 6.07) is 11.3. The van der Waals surface area contributed by atoms with Crippen molar-refractivity contribution >= 4 is 11.6 Å². The molecule has 1 heterocycles. The number of rotatable bonds is 5. The molecule has 1 saturated heterocycles. The zero-order chi connectivity index (χ0) is 19.4. The Morgan fingerprint density at radius 2 is 1.74 bits per heavy atom. The molecule has 8 heteroatoms. The van der Waals surface area contributed by atoms with Gasteiger partial charge < -0.3 is 24.4 Å². The molecule has 0 bridgehead atoms. The van der Waals surface area contributed by atoms with Crippen LogP contribution in [0.1, 0.15) is 10.4 Å². The fraction of sp³-hybridized carbons (Fsp3) is 0.316. The average Bonchev–Trinajstić information content (AvgIpc) is 2.68. The first-order chi connectivity index (χ1) is 13.0. The molecule has 1 N–H and O–H groups in total. The van der Waals surface area contributed by atoms with Crippen LogP contribution in [0.3, 0.4) is 0 Å². The highest BCUT2D eigenvalue weighted by molar-refractivity contribution is 5.98. The van der Waals surface area contributed by atoms with Gasteiger partial charge in [0.15, 0.2) is 11.5 Å². The summed E-state index contributed by atoms with van der Waals surface area (Å²) in [4.78, 5) is 16.5. The number of aromatic hydroxyl groups is 1. The summed E-state index contributed by atoms with van der Waals surface area (Å²) in [5.41, 5.74) is 0.996. The van der Waals surface area contributed by atoms with Crippen molar-refractivity contribution in [1.82, 2.24) is 4.90 Å². The molecule has 3 rings (SSSR count). The maximum atomic E-state index is 12.9. The maximum Gasteiger partial charge on any atom is 0.387 e. The van der Waals surface area contributed by atoms with E-state index in [4.69, 9.17) is 4.74 Å². The van der Waals surface area contributed by atoms with Crippen molar-refractivity contribution in [3.05, 3.63) is 48.0 Å². The number of piperazine rings is 1. The molecule has 0 aliphatic carbocycles. The molecule has 0 saturated carbocycles. The molecule has 2 aromatic carbocycles. The molecular formula is C19H20F2N2O4. The molecular weight excluding hydrogens is 358 g/mol. The average molecular weight is 378 g/mol. The van der Waals surface area contributed by atoms with Crippen molar-refractivity contribution in [1.29, 1.82) is 0 Å². The number of phenols is 1. The third-order valence-corrected chi connectivity index (χ3v) is 4.42. The summed E-state index contributed by atoms with van der Waals surface area (Å²) in [7, 11) is 1.33. The topological polar surface area (TPSA) is 62.2 Å². The minimum Gasteiger partial charge on any atom is -0.508 e. The summed E-state index contributed by atoms with van der Waals surface area (Å²) in [6.07, 6.45) is 0. The summed E-state index contributed by atoms with van der Waals surface area (Å²) in [6.45, 7) is -1.01. The van der Waals surface area contributed by atoms with Crippen LogP contribution in [0.15, 0.2) is 42.5 Å². The van der Waals surface area contributed by atoms with Crippen molar-refractivity contribution in [2.45, 2.75) is 6.61 Å². The van der Waals surface area contributed by atoms with Gasteiger partial charge in [-0.3, -0.25) is 4.79 Å². The molecule has 1 amide bonds. The van der Waals surface area contributed by atoms with Crippen LogP contribution in [0.5, 0.6) is 17.2 Å². The van der Waals surface area contributed by atoms with Crippen LogP contribution in [0.2, 0.25) is 0 Å². The van der Waals surface area contributed by atoms with Crippen LogP contribution in [0.4, 0.5) is 14.5 Å². The summed E-state index contributed by atoms with van der Waals surface area (Å²) in [5.74, 6) is -0.350. The van der Waals surface area contributed by atoms with Crippen LogP contribution in [-0.4, -0.2) is 55.8 Å². The van der Waals surface area contributed by atoms with E-state index in [1.54, 1.807) is 23.1 Å². The van der Waals surface area contributed by atoms with E-state index in [0.29, 0.717) is 26.2 Å². The summed E-state index contributed by atoms with van der Waals surface area (Å²) in [5, 5.41) is 9.38. The van der Waals surface area contributed by atoms with Crippen LogP contribution in [-0.2, 0) is 0 Å². The van der Waals surface area contributed by atoms with Gasteiger partial charge in [-0.1, -0.05) is 6.07 Å².